The molecule has 0 bridgehead atoms. The first kappa shape index (κ1) is 19.5. The predicted octanol–water partition coefficient (Wildman–Crippen LogP) is 7.77. The minimum Gasteiger partial charge on any atom is -0.241 e. The molecular weight excluding hydrogens is 366 g/mol. The third-order valence-corrected chi connectivity index (χ3v) is 6.12. The van der Waals surface area contributed by atoms with Crippen molar-refractivity contribution in [2.75, 3.05) is 0 Å². The third kappa shape index (κ3) is 6.16. The largest absolute Gasteiger partial charge is 0.241 e. The molecule has 0 fully saturated rings. The van der Waals surface area contributed by atoms with E-state index in [2.05, 4.69) is 92.1 Å². The average Bonchev–Trinajstić information content (AvgIpc) is 2.73. The van der Waals surface area contributed by atoms with E-state index < -0.39 is 0 Å². The van der Waals surface area contributed by atoms with E-state index in [-0.39, 0.29) is 0 Å². The molecule has 0 aliphatic carbocycles. The predicted molar refractivity (Wildman–Crippen MR) is 121 cm³/mol. The Bertz CT molecular complexity index is 898. The summed E-state index contributed by atoms with van der Waals surface area (Å²) in [6.45, 7) is 4.30. The number of benzene rings is 3. The number of hydrogen-bond acceptors (Lipinski definition) is 3. The Morgan fingerprint density at radius 2 is 1.41 bits per heavy atom. The summed E-state index contributed by atoms with van der Waals surface area (Å²) in [5.74, 6) is 0. The van der Waals surface area contributed by atoms with Crippen LogP contribution in [0.2, 0.25) is 0 Å². The van der Waals surface area contributed by atoms with Crippen LogP contribution >= 0.6 is 23.5 Å². The van der Waals surface area contributed by atoms with Crippen LogP contribution in [-0.4, -0.2) is 5.04 Å². The zero-order chi connectivity index (χ0) is 18.9. The van der Waals surface area contributed by atoms with Gasteiger partial charge in [0.25, 0.3) is 0 Å². The molecule has 0 radical (unpaired) electrons. The highest BCUT2D eigenvalue weighted by atomic mass is 32.2. The molecule has 3 rings (SSSR count). The highest BCUT2D eigenvalue weighted by Crippen LogP contribution is 2.29. The van der Waals surface area contributed by atoms with Crippen molar-refractivity contribution in [1.29, 1.82) is 0 Å². The topological polar surface area (TPSA) is 12.4 Å². The maximum atomic E-state index is 4.94. The van der Waals surface area contributed by atoms with E-state index in [1.54, 1.807) is 23.5 Å². The lowest BCUT2D eigenvalue weighted by Gasteiger charge is -2.08. The quantitative estimate of drug-likeness (QED) is 0.242. The number of thioether (sulfide) groups is 2. The first-order chi connectivity index (χ1) is 13.2. The molecule has 0 unspecified atom stereocenters. The van der Waals surface area contributed by atoms with E-state index >= 15 is 0 Å². The first-order valence-corrected chi connectivity index (χ1v) is 10.7. The van der Waals surface area contributed by atoms with Gasteiger partial charge < -0.3 is 0 Å². The summed E-state index contributed by atoms with van der Waals surface area (Å²) in [5.41, 5.74) is 3.48. The summed E-state index contributed by atoms with van der Waals surface area (Å²) in [4.78, 5) is 7.36. The highest BCUT2D eigenvalue weighted by Gasteiger charge is 2.07. The zero-order valence-corrected chi connectivity index (χ0v) is 17.3. The zero-order valence-electron chi connectivity index (χ0n) is 15.6. The molecule has 0 aromatic heterocycles. The van der Waals surface area contributed by atoms with Gasteiger partial charge in [-0.3, -0.25) is 0 Å². The van der Waals surface area contributed by atoms with Crippen LogP contribution in [0.1, 0.15) is 19.4 Å². The number of nitrogens with zero attached hydrogens (tertiary/aromatic N) is 1. The fourth-order valence-electron chi connectivity index (χ4n) is 2.42. The fraction of sp³-hybridized carbons (Fsp3) is 0.125. The summed E-state index contributed by atoms with van der Waals surface area (Å²) in [6, 6.07) is 29.3. The molecule has 0 N–H and O–H groups in total. The van der Waals surface area contributed by atoms with Crippen molar-refractivity contribution in [2.45, 2.75) is 30.1 Å². The van der Waals surface area contributed by atoms with Crippen LogP contribution < -0.4 is 0 Å². The average molecular weight is 390 g/mol. The fourth-order valence-corrected chi connectivity index (χ4v) is 4.12. The van der Waals surface area contributed by atoms with Crippen LogP contribution in [-0.2, 0) is 6.42 Å². The van der Waals surface area contributed by atoms with Crippen LogP contribution in [0.5, 0.6) is 0 Å². The van der Waals surface area contributed by atoms with Crippen LogP contribution in [0.3, 0.4) is 0 Å². The molecule has 0 atom stereocenters. The SMILES string of the molecule is CCc1ccc(/N=C(Sc2ccccc2)\C(C)=C\Sc2ccccc2)cc1. The highest BCUT2D eigenvalue weighted by molar-refractivity contribution is 8.14. The summed E-state index contributed by atoms with van der Waals surface area (Å²) < 4.78 is 0. The van der Waals surface area contributed by atoms with Gasteiger partial charge >= 0.3 is 0 Å². The van der Waals surface area contributed by atoms with E-state index in [0.29, 0.717) is 0 Å². The Morgan fingerprint density at radius 3 is 2.00 bits per heavy atom. The minimum absolute atomic E-state index is 0.989. The van der Waals surface area contributed by atoms with Gasteiger partial charge in [-0.2, -0.15) is 0 Å². The third-order valence-electron chi connectivity index (χ3n) is 3.99. The van der Waals surface area contributed by atoms with Crippen LogP contribution in [0, 0.1) is 0 Å². The second-order valence-electron chi connectivity index (χ2n) is 6.08. The smallest absolute Gasteiger partial charge is 0.105 e. The van der Waals surface area contributed by atoms with Gasteiger partial charge in [0, 0.05) is 9.79 Å². The van der Waals surface area contributed by atoms with E-state index in [9.17, 15) is 0 Å². The summed E-state index contributed by atoms with van der Waals surface area (Å²) in [5, 5.41) is 3.21. The van der Waals surface area contributed by atoms with Crippen molar-refractivity contribution in [3.8, 4) is 0 Å². The molecule has 136 valence electrons. The Morgan fingerprint density at radius 1 is 0.815 bits per heavy atom. The van der Waals surface area contributed by atoms with Crippen LogP contribution in [0.15, 0.2) is 111 Å². The Balaban J connectivity index is 1.87. The van der Waals surface area contributed by atoms with Crippen molar-refractivity contribution < 1.29 is 0 Å². The van der Waals surface area contributed by atoms with Crippen molar-refractivity contribution in [2.24, 2.45) is 4.99 Å². The standard InChI is InChI=1S/C24H23NS2/c1-3-20-14-16-21(17-15-20)25-24(27-23-12-8-5-9-13-23)19(2)18-26-22-10-6-4-7-11-22/h4-18H,3H2,1-2H3/b19-18+,25-24+. The van der Waals surface area contributed by atoms with Gasteiger partial charge in [-0.1, -0.05) is 79.0 Å². The lowest BCUT2D eigenvalue weighted by Crippen LogP contribution is -1.94. The van der Waals surface area contributed by atoms with E-state index in [0.717, 1.165) is 22.7 Å². The maximum Gasteiger partial charge on any atom is 0.105 e. The molecule has 0 saturated heterocycles. The van der Waals surface area contributed by atoms with E-state index in [4.69, 9.17) is 4.99 Å². The Labute approximate surface area is 170 Å². The number of aryl methyl sites for hydroxylation is 1. The Hall–Kier alpha value is -2.23. The second-order valence-corrected chi connectivity index (χ2v) is 8.09. The molecule has 27 heavy (non-hydrogen) atoms. The first-order valence-electron chi connectivity index (χ1n) is 9.04. The molecule has 3 aromatic carbocycles. The van der Waals surface area contributed by atoms with Gasteiger partial charge in [0.2, 0.25) is 0 Å². The van der Waals surface area contributed by atoms with Gasteiger partial charge in [-0.15, -0.1) is 0 Å². The molecule has 0 saturated carbocycles. The van der Waals surface area contributed by atoms with Gasteiger partial charge in [-0.05, 0) is 66.3 Å². The van der Waals surface area contributed by atoms with Gasteiger partial charge in [0.1, 0.15) is 5.04 Å². The van der Waals surface area contributed by atoms with Crippen molar-refractivity contribution >= 4 is 34.3 Å². The molecule has 0 aliphatic rings. The molecule has 0 amide bonds. The van der Waals surface area contributed by atoms with Gasteiger partial charge in [0.05, 0.1) is 5.69 Å². The van der Waals surface area contributed by atoms with Crippen molar-refractivity contribution in [3.63, 3.8) is 0 Å². The van der Waals surface area contributed by atoms with Crippen molar-refractivity contribution in [1.82, 2.24) is 0 Å². The maximum absolute atomic E-state index is 4.94. The summed E-state index contributed by atoms with van der Waals surface area (Å²) >= 11 is 3.43. The summed E-state index contributed by atoms with van der Waals surface area (Å²) in [6.07, 6.45) is 1.04. The molecule has 3 aromatic rings. The van der Waals surface area contributed by atoms with E-state index in [1.165, 1.54) is 15.4 Å². The van der Waals surface area contributed by atoms with Gasteiger partial charge in [0.15, 0.2) is 0 Å². The second kappa shape index (κ2) is 10.2. The van der Waals surface area contributed by atoms with Crippen molar-refractivity contribution in [3.05, 3.63) is 101 Å². The number of rotatable bonds is 6. The lowest BCUT2D eigenvalue weighted by molar-refractivity contribution is 1.14. The minimum atomic E-state index is 0.989. The van der Waals surface area contributed by atoms with Crippen LogP contribution in [0.4, 0.5) is 5.69 Å². The Kier molecular flexibility index (Phi) is 7.37. The molecule has 0 aliphatic heterocycles. The monoisotopic (exact) mass is 389 g/mol. The lowest BCUT2D eigenvalue weighted by atomic mass is 10.1. The number of hydrogen-bond donors (Lipinski definition) is 0. The normalized spacial score (nSPS) is 12.2. The summed E-state index contributed by atoms with van der Waals surface area (Å²) in [7, 11) is 0. The molecule has 0 spiro atoms. The van der Waals surface area contributed by atoms with Gasteiger partial charge in [-0.25, -0.2) is 4.99 Å². The molecule has 1 nitrogen and oxygen atoms in total. The molecule has 3 heteroatoms. The molecule has 0 heterocycles. The number of aliphatic imine (C=N–C) groups is 1. The van der Waals surface area contributed by atoms with E-state index in [1.807, 2.05) is 12.1 Å². The van der Waals surface area contributed by atoms with Crippen LogP contribution in [0.25, 0.3) is 0 Å². The molecular formula is C24H23NS2.